The molecule has 0 spiro atoms. The first kappa shape index (κ1) is 10.6. The zero-order valence-corrected chi connectivity index (χ0v) is 8.25. The van der Waals surface area contributed by atoms with Gasteiger partial charge in [0.05, 0.1) is 0 Å². The Hall–Kier alpha value is -1.52. The Morgan fingerprint density at radius 3 is 2.86 bits per heavy atom. The molecule has 78 valence electrons. The lowest BCUT2D eigenvalue weighted by Crippen LogP contribution is -2.45. The SMILES string of the molecule is C=C(C)C(=O)OCC1(C)COC(=O)N1. The quantitative estimate of drug-likeness (QED) is 0.534. The molecule has 1 fully saturated rings. The first-order valence-corrected chi connectivity index (χ1v) is 4.20. The zero-order chi connectivity index (χ0) is 10.8. The highest BCUT2D eigenvalue weighted by molar-refractivity contribution is 5.87. The molecule has 1 saturated heterocycles. The molecule has 0 aromatic carbocycles. The fourth-order valence-corrected chi connectivity index (χ4v) is 0.969. The van der Waals surface area contributed by atoms with Crippen molar-refractivity contribution in [1.82, 2.24) is 5.32 Å². The minimum Gasteiger partial charge on any atom is -0.460 e. The molecule has 1 unspecified atom stereocenters. The third kappa shape index (κ3) is 2.48. The van der Waals surface area contributed by atoms with E-state index in [0.717, 1.165) is 0 Å². The summed E-state index contributed by atoms with van der Waals surface area (Å²) in [7, 11) is 0. The summed E-state index contributed by atoms with van der Waals surface area (Å²) in [6, 6.07) is 0. The average molecular weight is 199 g/mol. The lowest BCUT2D eigenvalue weighted by atomic mass is 10.1. The Morgan fingerprint density at radius 1 is 1.79 bits per heavy atom. The van der Waals surface area contributed by atoms with Crippen LogP contribution in [-0.2, 0) is 14.3 Å². The molecule has 1 atom stereocenters. The van der Waals surface area contributed by atoms with Gasteiger partial charge in [0, 0.05) is 5.57 Å². The van der Waals surface area contributed by atoms with Crippen LogP contribution in [0.4, 0.5) is 4.79 Å². The predicted octanol–water partition coefficient (Wildman–Crippen LogP) is 0.604. The van der Waals surface area contributed by atoms with Gasteiger partial charge >= 0.3 is 12.1 Å². The molecule has 1 aliphatic heterocycles. The van der Waals surface area contributed by atoms with Gasteiger partial charge in [-0.1, -0.05) is 6.58 Å². The summed E-state index contributed by atoms with van der Waals surface area (Å²) in [5.74, 6) is -0.465. The van der Waals surface area contributed by atoms with Gasteiger partial charge in [-0.3, -0.25) is 0 Å². The number of carbonyl (C=O) groups excluding carboxylic acids is 2. The van der Waals surface area contributed by atoms with E-state index in [2.05, 4.69) is 11.9 Å². The Kier molecular flexibility index (Phi) is 2.78. The summed E-state index contributed by atoms with van der Waals surface area (Å²) < 4.78 is 9.60. The van der Waals surface area contributed by atoms with Crippen molar-refractivity contribution >= 4 is 12.1 Å². The van der Waals surface area contributed by atoms with E-state index in [1.54, 1.807) is 13.8 Å². The third-order valence-corrected chi connectivity index (χ3v) is 1.80. The van der Waals surface area contributed by atoms with Crippen LogP contribution in [0.5, 0.6) is 0 Å². The van der Waals surface area contributed by atoms with E-state index in [9.17, 15) is 9.59 Å². The Balaban J connectivity index is 2.41. The van der Waals surface area contributed by atoms with E-state index >= 15 is 0 Å². The first-order chi connectivity index (χ1) is 6.43. The Labute approximate surface area is 82.1 Å². The van der Waals surface area contributed by atoms with E-state index < -0.39 is 17.6 Å². The smallest absolute Gasteiger partial charge is 0.407 e. The van der Waals surface area contributed by atoms with Gasteiger partial charge in [-0.05, 0) is 13.8 Å². The third-order valence-electron chi connectivity index (χ3n) is 1.80. The van der Waals surface area contributed by atoms with Crippen molar-refractivity contribution < 1.29 is 19.1 Å². The van der Waals surface area contributed by atoms with Gasteiger partial charge < -0.3 is 14.8 Å². The second-order valence-corrected chi connectivity index (χ2v) is 3.62. The molecule has 14 heavy (non-hydrogen) atoms. The molecule has 5 heteroatoms. The minimum atomic E-state index is -0.623. The minimum absolute atomic E-state index is 0.0877. The van der Waals surface area contributed by atoms with Crippen LogP contribution in [-0.4, -0.2) is 30.8 Å². The number of cyclic esters (lactones) is 1. The van der Waals surface area contributed by atoms with Gasteiger partial charge in [-0.2, -0.15) is 0 Å². The molecule has 1 N–H and O–H groups in total. The summed E-state index contributed by atoms with van der Waals surface area (Å²) in [5.41, 5.74) is -0.291. The molecule has 0 aromatic heterocycles. The van der Waals surface area contributed by atoms with E-state index in [1.807, 2.05) is 0 Å². The maximum atomic E-state index is 11.0. The highest BCUT2D eigenvalue weighted by Gasteiger charge is 2.36. The van der Waals surface area contributed by atoms with Crippen LogP contribution in [0.3, 0.4) is 0 Å². The van der Waals surface area contributed by atoms with Crippen LogP contribution >= 0.6 is 0 Å². The fraction of sp³-hybridized carbons (Fsp3) is 0.556. The summed E-state index contributed by atoms with van der Waals surface area (Å²) in [6.07, 6.45) is -0.487. The van der Waals surface area contributed by atoms with Gasteiger partial charge in [-0.15, -0.1) is 0 Å². The monoisotopic (exact) mass is 199 g/mol. The summed E-state index contributed by atoms with van der Waals surface area (Å²) in [4.78, 5) is 21.8. The van der Waals surface area contributed by atoms with Gasteiger partial charge in [0.1, 0.15) is 18.8 Å². The zero-order valence-electron chi connectivity index (χ0n) is 8.25. The molecule has 0 aliphatic carbocycles. The van der Waals surface area contributed by atoms with Crippen LogP contribution in [0.15, 0.2) is 12.2 Å². The van der Waals surface area contributed by atoms with Gasteiger partial charge in [-0.25, -0.2) is 9.59 Å². The second kappa shape index (κ2) is 3.69. The standard InChI is InChI=1S/C9H13NO4/c1-6(2)7(11)13-4-9(3)5-14-8(12)10-9/h1,4-5H2,2-3H3,(H,10,12). The first-order valence-electron chi connectivity index (χ1n) is 4.20. The average Bonchev–Trinajstić information content (AvgIpc) is 2.43. The van der Waals surface area contributed by atoms with Crippen LogP contribution in [0.2, 0.25) is 0 Å². The molecule has 5 nitrogen and oxygen atoms in total. The molecular weight excluding hydrogens is 186 g/mol. The predicted molar refractivity (Wildman–Crippen MR) is 48.7 cm³/mol. The van der Waals surface area contributed by atoms with Gasteiger partial charge in [0.2, 0.25) is 0 Å². The number of hydrogen-bond acceptors (Lipinski definition) is 4. The largest absolute Gasteiger partial charge is 0.460 e. The molecule has 1 amide bonds. The van der Waals surface area contributed by atoms with E-state index in [0.29, 0.717) is 5.57 Å². The second-order valence-electron chi connectivity index (χ2n) is 3.62. The topological polar surface area (TPSA) is 64.6 Å². The van der Waals surface area contributed by atoms with Crippen molar-refractivity contribution in [3.63, 3.8) is 0 Å². The van der Waals surface area contributed by atoms with Crippen LogP contribution in [0.25, 0.3) is 0 Å². The highest BCUT2D eigenvalue weighted by atomic mass is 16.6. The molecule has 1 heterocycles. The number of hydrogen-bond donors (Lipinski definition) is 1. The molecule has 0 aromatic rings. The fourth-order valence-electron chi connectivity index (χ4n) is 0.969. The molecule has 0 saturated carbocycles. The molecule has 0 radical (unpaired) electrons. The number of nitrogens with one attached hydrogen (secondary N) is 1. The maximum absolute atomic E-state index is 11.0. The number of ether oxygens (including phenoxy) is 2. The van der Waals surface area contributed by atoms with E-state index in [4.69, 9.17) is 9.47 Å². The molecular formula is C9H13NO4. The number of carbonyl (C=O) groups is 2. The molecule has 0 bridgehead atoms. The normalized spacial score (nSPS) is 25.1. The van der Waals surface area contributed by atoms with Crippen molar-refractivity contribution in [3.8, 4) is 0 Å². The number of esters is 1. The van der Waals surface area contributed by atoms with E-state index in [-0.39, 0.29) is 13.2 Å². The van der Waals surface area contributed by atoms with Crippen molar-refractivity contribution in [2.24, 2.45) is 0 Å². The van der Waals surface area contributed by atoms with Crippen LogP contribution in [0.1, 0.15) is 13.8 Å². The Bertz CT molecular complexity index is 287. The van der Waals surface area contributed by atoms with Crippen molar-refractivity contribution in [3.05, 3.63) is 12.2 Å². The molecule has 1 aliphatic rings. The number of alkyl carbamates (subject to hydrolysis) is 1. The van der Waals surface area contributed by atoms with Gasteiger partial charge in [0.15, 0.2) is 0 Å². The van der Waals surface area contributed by atoms with Crippen molar-refractivity contribution in [2.75, 3.05) is 13.2 Å². The maximum Gasteiger partial charge on any atom is 0.407 e. The number of amides is 1. The Morgan fingerprint density at radius 2 is 2.43 bits per heavy atom. The summed E-state index contributed by atoms with van der Waals surface area (Å²) in [5, 5.41) is 2.56. The van der Waals surface area contributed by atoms with E-state index in [1.165, 1.54) is 0 Å². The van der Waals surface area contributed by atoms with Crippen molar-refractivity contribution in [1.29, 1.82) is 0 Å². The van der Waals surface area contributed by atoms with Crippen LogP contribution in [0, 0.1) is 0 Å². The molecule has 1 rings (SSSR count). The lowest BCUT2D eigenvalue weighted by molar-refractivity contribution is -0.140. The van der Waals surface area contributed by atoms with Crippen LogP contribution < -0.4 is 5.32 Å². The summed E-state index contributed by atoms with van der Waals surface area (Å²) >= 11 is 0. The lowest BCUT2D eigenvalue weighted by Gasteiger charge is -2.20. The number of rotatable bonds is 3. The van der Waals surface area contributed by atoms with Gasteiger partial charge in [0.25, 0.3) is 0 Å². The highest BCUT2D eigenvalue weighted by Crippen LogP contribution is 2.12. The van der Waals surface area contributed by atoms with Crippen molar-refractivity contribution in [2.45, 2.75) is 19.4 Å². The summed E-state index contributed by atoms with van der Waals surface area (Å²) in [6.45, 7) is 7.04.